The molecule has 0 saturated heterocycles. The van der Waals surface area contributed by atoms with Gasteiger partial charge in [0, 0.05) is 11.9 Å². The smallest absolute Gasteiger partial charge is 0.262 e. The molecule has 1 heterocycles. The number of benzene rings is 1. The molecule has 0 saturated carbocycles. The molecule has 2 aromatic rings. The molecule has 0 fully saturated rings. The van der Waals surface area contributed by atoms with Crippen molar-refractivity contribution in [2.75, 3.05) is 11.9 Å². The van der Waals surface area contributed by atoms with Gasteiger partial charge in [-0.15, -0.1) is 0 Å². The van der Waals surface area contributed by atoms with Gasteiger partial charge in [-0.05, 0) is 30.3 Å². The zero-order chi connectivity index (χ0) is 13.7. The SMILES string of the molecule is O=C(COc1cccnc1)Nc1ccc(F)c(Cl)c1. The van der Waals surface area contributed by atoms with E-state index in [0.29, 0.717) is 11.4 Å². The predicted molar refractivity (Wildman–Crippen MR) is 69.8 cm³/mol. The highest BCUT2D eigenvalue weighted by molar-refractivity contribution is 6.31. The first kappa shape index (κ1) is 13.3. The van der Waals surface area contributed by atoms with E-state index in [1.807, 2.05) is 0 Å². The molecule has 98 valence electrons. The third-order valence-electron chi connectivity index (χ3n) is 2.21. The summed E-state index contributed by atoms with van der Waals surface area (Å²) in [4.78, 5) is 15.4. The second-order valence-electron chi connectivity index (χ2n) is 3.65. The van der Waals surface area contributed by atoms with Crippen molar-refractivity contribution in [3.63, 3.8) is 0 Å². The second kappa shape index (κ2) is 6.15. The number of amides is 1. The van der Waals surface area contributed by atoms with Crippen LogP contribution in [0.1, 0.15) is 0 Å². The molecule has 0 spiro atoms. The number of anilines is 1. The normalized spacial score (nSPS) is 10.0. The average molecular weight is 281 g/mol. The van der Waals surface area contributed by atoms with E-state index in [2.05, 4.69) is 10.3 Å². The lowest BCUT2D eigenvalue weighted by Gasteiger charge is -2.07. The van der Waals surface area contributed by atoms with E-state index in [4.69, 9.17) is 16.3 Å². The summed E-state index contributed by atoms with van der Waals surface area (Å²) >= 11 is 5.60. The summed E-state index contributed by atoms with van der Waals surface area (Å²) in [6.45, 7) is -0.166. The van der Waals surface area contributed by atoms with Crippen LogP contribution in [0.15, 0.2) is 42.7 Å². The Balaban J connectivity index is 1.89. The van der Waals surface area contributed by atoms with Gasteiger partial charge >= 0.3 is 0 Å². The number of aromatic nitrogens is 1. The van der Waals surface area contributed by atoms with Crippen LogP contribution >= 0.6 is 11.6 Å². The number of nitrogens with one attached hydrogen (secondary N) is 1. The van der Waals surface area contributed by atoms with Crippen molar-refractivity contribution >= 4 is 23.2 Å². The largest absolute Gasteiger partial charge is 0.482 e. The van der Waals surface area contributed by atoms with Crippen LogP contribution in [0, 0.1) is 5.82 Å². The van der Waals surface area contributed by atoms with E-state index in [0.717, 1.165) is 0 Å². The minimum atomic E-state index is -0.536. The van der Waals surface area contributed by atoms with Crippen LogP contribution in [-0.2, 0) is 4.79 Å². The number of hydrogen-bond donors (Lipinski definition) is 1. The van der Waals surface area contributed by atoms with Gasteiger partial charge in [-0.2, -0.15) is 0 Å². The molecule has 1 aromatic heterocycles. The number of carbonyl (C=O) groups is 1. The number of nitrogens with zero attached hydrogens (tertiary/aromatic N) is 1. The van der Waals surface area contributed by atoms with E-state index in [9.17, 15) is 9.18 Å². The fraction of sp³-hybridized carbons (Fsp3) is 0.0769. The Hall–Kier alpha value is -2.14. The van der Waals surface area contributed by atoms with Gasteiger partial charge in [-0.25, -0.2) is 4.39 Å². The van der Waals surface area contributed by atoms with Crippen LogP contribution in [0.2, 0.25) is 5.02 Å². The van der Waals surface area contributed by atoms with E-state index in [-0.39, 0.29) is 17.5 Å². The molecule has 0 atom stereocenters. The summed E-state index contributed by atoms with van der Waals surface area (Å²) in [5, 5.41) is 2.49. The van der Waals surface area contributed by atoms with Crippen molar-refractivity contribution in [1.82, 2.24) is 4.98 Å². The number of rotatable bonds is 4. The van der Waals surface area contributed by atoms with E-state index < -0.39 is 5.82 Å². The molecule has 0 bridgehead atoms. The quantitative estimate of drug-likeness (QED) is 0.937. The number of carbonyl (C=O) groups excluding carboxylic acids is 1. The molecule has 0 unspecified atom stereocenters. The van der Waals surface area contributed by atoms with Gasteiger partial charge in [0.15, 0.2) is 6.61 Å². The first-order valence-electron chi connectivity index (χ1n) is 5.43. The molecule has 4 nitrogen and oxygen atoms in total. The lowest BCUT2D eigenvalue weighted by atomic mass is 10.3. The molecule has 1 aromatic carbocycles. The zero-order valence-corrected chi connectivity index (χ0v) is 10.5. The van der Waals surface area contributed by atoms with Crippen molar-refractivity contribution in [3.8, 4) is 5.75 Å². The Morgan fingerprint density at radius 3 is 2.95 bits per heavy atom. The standard InChI is InChI=1S/C13H10ClFN2O2/c14-11-6-9(3-4-12(11)15)17-13(18)8-19-10-2-1-5-16-7-10/h1-7H,8H2,(H,17,18). The summed E-state index contributed by atoms with van der Waals surface area (Å²) in [7, 11) is 0. The van der Waals surface area contributed by atoms with Gasteiger partial charge < -0.3 is 10.1 Å². The van der Waals surface area contributed by atoms with Crippen molar-refractivity contribution in [2.24, 2.45) is 0 Å². The Morgan fingerprint density at radius 2 is 2.26 bits per heavy atom. The minimum absolute atomic E-state index is 0.0500. The molecular formula is C13H10ClFN2O2. The van der Waals surface area contributed by atoms with Gasteiger partial charge in [0.05, 0.1) is 11.2 Å². The molecule has 0 radical (unpaired) electrons. The number of hydrogen-bond acceptors (Lipinski definition) is 3. The number of halogens is 2. The topological polar surface area (TPSA) is 51.2 Å². The highest BCUT2D eigenvalue weighted by Crippen LogP contribution is 2.19. The second-order valence-corrected chi connectivity index (χ2v) is 4.06. The molecule has 0 aliphatic heterocycles. The maximum Gasteiger partial charge on any atom is 0.262 e. The maximum atomic E-state index is 12.9. The molecule has 19 heavy (non-hydrogen) atoms. The molecule has 6 heteroatoms. The zero-order valence-electron chi connectivity index (χ0n) is 9.77. The van der Waals surface area contributed by atoms with Gasteiger partial charge in [0.2, 0.25) is 0 Å². The molecule has 0 aliphatic rings. The summed E-state index contributed by atoms with van der Waals surface area (Å²) in [5.41, 5.74) is 0.409. The summed E-state index contributed by atoms with van der Waals surface area (Å²) in [6.07, 6.45) is 3.11. The summed E-state index contributed by atoms with van der Waals surface area (Å²) < 4.78 is 18.1. The lowest BCUT2D eigenvalue weighted by Crippen LogP contribution is -2.20. The highest BCUT2D eigenvalue weighted by Gasteiger charge is 2.06. The third kappa shape index (κ3) is 3.93. The van der Waals surface area contributed by atoms with Crippen molar-refractivity contribution < 1.29 is 13.9 Å². The Morgan fingerprint density at radius 1 is 1.42 bits per heavy atom. The van der Waals surface area contributed by atoms with Crippen molar-refractivity contribution in [3.05, 3.63) is 53.6 Å². The number of ether oxygens (including phenoxy) is 1. The summed E-state index contributed by atoms with van der Waals surface area (Å²) in [5.74, 6) is -0.410. The molecule has 0 aliphatic carbocycles. The predicted octanol–water partition coefficient (Wildman–Crippen LogP) is 2.89. The fourth-order valence-electron chi connectivity index (χ4n) is 1.35. The molecular weight excluding hydrogens is 271 g/mol. The van der Waals surface area contributed by atoms with E-state index in [1.54, 1.807) is 18.3 Å². The van der Waals surface area contributed by atoms with Crippen molar-refractivity contribution in [1.29, 1.82) is 0 Å². The van der Waals surface area contributed by atoms with Gasteiger partial charge in [-0.3, -0.25) is 9.78 Å². The van der Waals surface area contributed by atoms with Crippen LogP contribution in [0.5, 0.6) is 5.75 Å². The Bertz CT molecular complexity index is 578. The maximum absolute atomic E-state index is 12.9. The van der Waals surface area contributed by atoms with Crippen LogP contribution in [0.3, 0.4) is 0 Å². The first-order valence-corrected chi connectivity index (χ1v) is 5.80. The highest BCUT2D eigenvalue weighted by atomic mass is 35.5. The molecule has 2 rings (SSSR count). The average Bonchev–Trinajstić information content (AvgIpc) is 2.42. The van der Waals surface area contributed by atoms with Crippen molar-refractivity contribution in [2.45, 2.75) is 0 Å². The van der Waals surface area contributed by atoms with Crippen LogP contribution in [-0.4, -0.2) is 17.5 Å². The van der Waals surface area contributed by atoms with Gasteiger partial charge in [-0.1, -0.05) is 11.6 Å². The first-order chi connectivity index (χ1) is 9.15. The number of pyridine rings is 1. The van der Waals surface area contributed by atoms with Crippen LogP contribution in [0.25, 0.3) is 0 Å². The van der Waals surface area contributed by atoms with Gasteiger partial charge in [0.25, 0.3) is 5.91 Å². The van der Waals surface area contributed by atoms with Crippen LogP contribution < -0.4 is 10.1 Å². The van der Waals surface area contributed by atoms with Gasteiger partial charge in [0.1, 0.15) is 11.6 Å². The molecule has 1 N–H and O–H groups in total. The summed E-state index contributed by atoms with van der Waals surface area (Å²) in [6, 6.07) is 7.32. The third-order valence-corrected chi connectivity index (χ3v) is 2.50. The molecule has 1 amide bonds. The minimum Gasteiger partial charge on any atom is -0.482 e. The Kier molecular flexibility index (Phi) is 4.30. The van der Waals surface area contributed by atoms with Crippen LogP contribution in [0.4, 0.5) is 10.1 Å². The Labute approximate surface area is 114 Å². The van der Waals surface area contributed by atoms with E-state index in [1.165, 1.54) is 24.4 Å². The van der Waals surface area contributed by atoms with E-state index >= 15 is 0 Å². The fourth-order valence-corrected chi connectivity index (χ4v) is 1.53. The lowest BCUT2D eigenvalue weighted by molar-refractivity contribution is -0.118. The monoisotopic (exact) mass is 280 g/mol.